The summed E-state index contributed by atoms with van der Waals surface area (Å²) >= 11 is 0. The average Bonchev–Trinajstić information content (AvgIpc) is 2.89. The van der Waals surface area contributed by atoms with Crippen molar-refractivity contribution in [2.75, 3.05) is 11.9 Å². The number of aromatic nitrogens is 4. The van der Waals surface area contributed by atoms with E-state index < -0.39 is 0 Å². The zero-order chi connectivity index (χ0) is 13.7. The molecular weight excluding hydrogens is 238 g/mol. The third-order valence-electron chi connectivity index (χ3n) is 2.86. The molecule has 0 fully saturated rings. The molecule has 0 saturated heterocycles. The van der Waals surface area contributed by atoms with Crippen LogP contribution in [0.4, 0.5) is 5.82 Å². The summed E-state index contributed by atoms with van der Waals surface area (Å²) in [6.07, 6.45) is 2.77. The fraction of sp³-hybridized carbons (Fsp3) is 0.500. The molecule has 0 aliphatic rings. The van der Waals surface area contributed by atoms with E-state index in [-0.39, 0.29) is 0 Å². The Morgan fingerprint density at radius 3 is 2.63 bits per heavy atom. The number of anilines is 1. The minimum Gasteiger partial charge on any atom is -0.370 e. The SMILES string of the molecule is CCCNc1cccc(-n2nc(CC)nc2CC)n1. The van der Waals surface area contributed by atoms with Crippen LogP contribution >= 0.6 is 0 Å². The van der Waals surface area contributed by atoms with Gasteiger partial charge in [-0.25, -0.2) is 9.97 Å². The summed E-state index contributed by atoms with van der Waals surface area (Å²) in [6, 6.07) is 5.93. The lowest BCUT2D eigenvalue weighted by atomic mass is 10.4. The van der Waals surface area contributed by atoms with Crippen LogP contribution in [-0.4, -0.2) is 26.3 Å². The van der Waals surface area contributed by atoms with Crippen molar-refractivity contribution >= 4 is 5.82 Å². The Morgan fingerprint density at radius 2 is 1.95 bits per heavy atom. The molecule has 0 radical (unpaired) electrons. The Labute approximate surface area is 114 Å². The van der Waals surface area contributed by atoms with Crippen molar-refractivity contribution < 1.29 is 0 Å². The Balaban J connectivity index is 2.32. The quantitative estimate of drug-likeness (QED) is 0.866. The highest BCUT2D eigenvalue weighted by atomic mass is 15.4. The van der Waals surface area contributed by atoms with Crippen LogP contribution in [0.5, 0.6) is 0 Å². The number of pyridine rings is 1. The molecule has 5 heteroatoms. The monoisotopic (exact) mass is 259 g/mol. The fourth-order valence-corrected chi connectivity index (χ4v) is 1.85. The van der Waals surface area contributed by atoms with Gasteiger partial charge in [0, 0.05) is 19.4 Å². The van der Waals surface area contributed by atoms with Gasteiger partial charge in [0.2, 0.25) is 0 Å². The van der Waals surface area contributed by atoms with Crippen molar-refractivity contribution in [3.8, 4) is 5.82 Å². The minimum absolute atomic E-state index is 0.824. The summed E-state index contributed by atoms with van der Waals surface area (Å²) in [5, 5.41) is 7.80. The number of rotatable bonds is 6. The van der Waals surface area contributed by atoms with E-state index in [1.165, 1.54) is 0 Å². The molecule has 2 aromatic rings. The van der Waals surface area contributed by atoms with Crippen LogP contribution in [-0.2, 0) is 12.8 Å². The van der Waals surface area contributed by atoms with Crippen LogP contribution in [0, 0.1) is 0 Å². The summed E-state index contributed by atoms with van der Waals surface area (Å²) in [4.78, 5) is 9.09. The molecule has 1 N–H and O–H groups in total. The molecule has 0 aliphatic heterocycles. The van der Waals surface area contributed by atoms with E-state index in [1.807, 2.05) is 22.9 Å². The van der Waals surface area contributed by atoms with Crippen molar-refractivity contribution in [1.82, 2.24) is 19.7 Å². The van der Waals surface area contributed by atoms with Crippen molar-refractivity contribution in [3.63, 3.8) is 0 Å². The average molecular weight is 259 g/mol. The summed E-state index contributed by atoms with van der Waals surface area (Å²) in [5.74, 6) is 3.53. The lowest BCUT2D eigenvalue weighted by molar-refractivity contribution is 0.769. The van der Waals surface area contributed by atoms with Gasteiger partial charge in [0.25, 0.3) is 0 Å². The molecule has 0 unspecified atom stereocenters. The van der Waals surface area contributed by atoms with Crippen molar-refractivity contribution in [2.24, 2.45) is 0 Å². The Bertz CT molecular complexity index is 532. The van der Waals surface area contributed by atoms with Gasteiger partial charge in [-0.05, 0) is 18.6 Å². The van der Waals surface area contributed by atoms with Gasteiger partial charge < -0.3 is 5.32 Å². The molecule has 0 amide bonds. The lowest BCUT2D eigenvalue weighted by Crippen LogP contribution is -2.07. The molecule has 19 heavy (non-hydrogen) atoms. The maximum absolute atomic E-state index is 4.59. The van der Waals surface area contributed by atoms with Crippen molar-refractivity contribution in [2.45, 2.75) is 40.0 Å². The molecule has 0 bridgehead atoms. The second-order valence-electron chi connectivity index (χ2n) is 4.37. The highest BCUT2D eigenvalue weighted by Crippen LogP contribution is 2.12. The third-order valence-corrected chi connectivity index (χ3v) is 2.86. The second-order valence-corrected chi connectivity index (χ2v) is 4.37. The molecule has 0 aromatic carbocycles. The molecule has 102 valence electrons. The van der Waals surface area contributed by atoms with Crippen LogP contribution < -0.4 is 5.32 Å². The van der Waals surface area contributed by atoms with Crippen LogP contribution in [0.3, 0.4) is 0 Å². The van der Waals surface area contributed by atoms with E-state index in [4.69, 9.17) is 0 Å². The van der Waals surface area contributed by atoms with Gasteiger partial charge in [0.1, 0.15) is 11.6 Å². The van der Waals surface area contributed by atoms with Gasteiger partial charge >= 0.3 is 0 Å². The number of hydrogen-bond acceptors (Lipinski definition) is 4. The van der Waals surface area contributed by atoms with E-state index >= 15 is 0 Å². The molecule has 0 saturated carbocycles. The molecule has 2 aromatic heterocycles. The van der Waals surface area contributed by atoms with Crippen LogP contribution in [0.15, 0.2) is 18.2 Å². The fourth-order valence-electron chi connectivity index (χ4n) is 1.85. The Morgan fingerprint density at radius 1 is 1.11 bits per heavy atom. The zero-order valence-corrected chi connectivity index (χ0v) is 11.8. The first-order valence-electron chi connectivity index (χ1n) is 6.94. The molecule has 0 atom stereocenters. The molecular formula is C14H21N5. The third kappa shape index (κ3) is 3.10. The largest absolute Gasteiger partial charge is 0.370 e. The highest BCUT2D eigenvalue weighted by Gasteiger charge is 2.10. The normalized spacial score (nSPS) is 10.7. The van der Waals surface area contributed by atoms with Gasteiger partial charge in [0.05, 0.1) is 0 Å². The minimum atomic E-state index is 0.824. The standard InChI is InChI=1S/C14H21N5/c1-4-10-15-12-8-7-9-14(17-12)19-13(6-3)16-11(5-2)18-19/h7-9H,4-6,10H2,1-3H3,(H,15,17). The highest BCUT2D eigenvalue weighted by molar-refractivity contribution is 5.39. The van der Waals surface area contributed by atoms with Gasteiger partial charge in [-0.3, -0.25) is 0 Å². The van der Waals surface area contributed by atoms with Gasteiger partial charge in [-0.2, -0.15) is 4.68 Å². The number of hydrogen-bond donors (Lipinski definition) is 1. The smallest absolute Gasteiger partial charge is 0.157 e. The molecule has 2 rings (SSSR count). The summed E-state index contributed by atoms with van der Waals surface area (Å²) in [5.41, 5.74) is 0. The first-order chi connectivity index (χ1) is 9.28. The maximum atomic E-state index is 4.59. The van der Waals surface area contributed by atoms with E-state index in [0.717, 1.165) is 49.1 Å². The molecule has 0 spiro atoms. The number of nitrogens with one attached hydrogen (secondary N) is 1. The zero-order valence-electron chi connectivity index (χ0n) is 11.8. The van der Waals surface area contributed by atoms with Crippen LogP contribution in [0.1, 0.15) is 38.8 Å². The molecule has 5 nitrogen and oxygen atoms in total. The first-order valence-corrected chi connectivity index (χ1v) is 6.94. The van der Waals surface area contributed by atoms with E-state index in [0.29, 0.717) is 0 Å². The summed E-state index contributed by atoms with van der Waals surface area (Å²) in [6.45, 7) is 7.20. The van der Waals surface area contributed by atoms with E-state index in [9.17, 15) is 0 Å². The number of aryl methyl sites for hydroxylation is 2. The van der Waals surface area contributed by atoms with Gasteiger partial charge in [-0.1, -0.05) is 26.8 Å². The summed E-state index contributed by atoms with van der Waals surface area (Å²) < 4.78 is 1.84. The Kier molecular flexibility index (Phi) is 4.49. The van der Waals surface area contributed by atoms with Crippen LogP contribution in [0.25, 0.3) is 5.82 Å². The van der Waals surface area contributed by atoms with Gasteiger partial charge in [0.15, 0.2) is 11.6 Å². The maximum Gasteiger partial charge on any atom is 0.157 e. The molecule has 0 aliphatic carbocycles. The van der Waals surface area contributed by atoms with E-state index in [1.54, 1.807) is 0 Å². The Hall–Kier alpha value is -1.91. The van der Waals surface area contributed by atoms with Crippen LogP contribution in [0.2, 0.25) is 0 Å². The van der Waals surface area contributed by atoms with Gasteiger partial charge in [-0.15, -0.1) is 5.10 Å². The molecule has 2 heterocycles. The predicted octanol–water partition coefficient (Wildman–Crippen LogP) is 2.61. The van der Waals surface area contributed by atoms with Crippen molar-refractivity contribution in [1.29, 1.82) is 0 Å². The second kappa shape index (κ2) is 6.31. The first kappa shape index (κ1) is 13.5. The van der Waals surface area contributed by atoms with Crippen molar-refractivity contribution in [3.05, 3.63) is 29.8 Å². The van der Waals surface area contributed by atoms with E-state index in [2.05, 4.69) is 41.2 Å². The lowest BCUT2D eigenvalue weighted by Gasteiger charge is -2.07. The topological polar surface area (TPSA) is 55.6 Å². The summed E-state index contributed by atoms with van der Waals surface area (Å²) in [7, 11) is 0. The number of nitrogens with zero attached hydrogens (tertiary/aromatic N) is 4. The predicted molar refractivity (Wildman–Crippen MR) is 76.7 cm³/mol.